The molecule has 0 saturated heterocycles. The zero-order valence-corrected chi connectivity index (χ0v) is 13.5. The number of halogens is 2. The lowest BCUT2D eigenvalue weighted by atomic mass is 10.1. The molecular formula is C15H15ClINO. The molecule has 0 heterocycles. The van der Waals surface area contributed by atoms with Crippen LogP contribution in [0.15, 0.2) is 42.5 Å². The van der Waals surface area contributed by atoms with Crippen LogP contribution in [-0.4, -0.2) is 7.11 Å². The van der Waals surface area contributed by atoms with Crippen LogP contribution in [0.2, 0.25) is 5.02 Å². The Kier molecular flexibility index (Phi) is 5.48. The number of ether oxygens (including phenoxy) is 1. The van der Waals surface area contributed by atoms with E-state index >= 15 is 0 Å². The van der Waals surface area contributed by atoms with Gasteiger partial charge in [-0.05, 0) is 51.9 Å². The van der Waals surface area contributed by atoms with E-state index in [2.05, 4.69) is 46.1 Å². The fraction of sp³-hybridized carbons (Fsp3) is 0.200. The molecule has 0 radical (unpaired) electrons. The van der Waals surface area contributed by atoms with Crippen molar-refractivity contribution in [1.82, 2.24) is 0 Å². The van der Waals surface area contributed by atoms with Crippen LogP contribution in [0.4, 0.5) is 5.69 Å². The Labute approximate surface area is 132 Å². The van der Waals surface area contributed by atoms with Crippen molar-refractivity contribution in [3.8, 4) is 0 Å². The van der Waals surface area contributed by atoms with Crippen LogP contribution < -0.4 is 5.32 Å². The highest BCUT2D eigenvalue weighted by Gasteiger charge is 2.01. The number of anilines is 1. The smallest absolute Gasteiger partial charge is 0.0713 e. The molecule has 0 fully saturated rings. The van der Waals surface area contributed by atoms with Crippen LogP contribution in [0.25, 0.3) is 0 Å². The zero-order chi connectivity index (χ0) is 13.7. The minimum atomic E-state index is 0.637. The first-order valence-corrected chi connectivity index (χ1v) is 7.40. The average molecular weight is 388 g/mol. The van der Waals surface area contributed by atoms with Gasteiger partial charge in [0, 0.05) is 17.2 Å². The summed E-state index contributed by atoms with van der Waals surface area (Å²) in [6, 6.07) is 14.3. The van der Waals surface area contributed by atoms with Gasteiger partial charge in [0.2, 0.25) is 0 Å². The predicted octanol–water partition coefficient (Wildman–Crippen LogP) is 4.70. The Morgan fingerprint density at radius 3 is 2.68 bits per heavy atom. The highest BCUT2D eigenvalue weighted by molar-refractivity contribution is 14.1. The Bertz CT molecular complexity index is 560. The topological polar surface area (TPSA) is 21.3 Å². The molecule has 0 atom stereocenters. The summed E-state index contributed by atoms with van der Waals surface area (Å²) >= 11 is 8.44. The van der Waals surface area contributed by atoms with Crippen LogP contribution in [0.5, 0.6) is 0 Å². The first kappa shape index (κ1) is 14.6. The van der Waals surface area contributed by atoms with E-state index < -0.39 is 0 Å². The molecule has 0 amide bonds. The summed E-state index contributed by atoms with van der Waals surface area (Å²) in [6.45, 7) is 1.38. The summed E-state index contributed by atoms with van der Waals surface area (Å²) in [5, 5.41) is 4.10. The first-order valence-electron chi connectivity index (χ1n) is 5.94. The van der Waals surface area contributed by atoms with E-state index in [-0.39, 0.29) is 0 Å². The molecule has 0 aromatic heterocycles. The Morgan fingerprint density at radius 1 is 1.16 bits per heavy atom. The van der Waals surface area contributed by atoms with Gasteiger partial charge in [-0.25, -0.2) is 0 Å². The first-order chi connectivity index (χ1) is 9.19. The quantitative estimate of drug-likeness (QED) is 0.751. The third-order valence-corrected chi connectivity index (χ3v) is 3.70. The molecule has 2 nitrogen and oxygen atoms in total. The Morgan fingerprint density at radius 2 is 1.95 bits per heavy atom. The molecule has 4 heteroatoms. The van der Waals surface area contributed by atoms with Gasteiger partial charge in [0.25, 0.3) is 0 Å². The van der Waals surface area contributed by atoms with Crippen molar-refractivity contribution >= 4 is 39.9 Å². The van der Waals surface area contributed by atoms with E-state index in [1.54, 1.807) is 7.11 Å². The maximum Gasteiger partial charge on any atom is 0.0713 e. The zero-order valence-electron chi connectivity index (χ0n) is 10.6. The third-order valence-electron chi connectivity index (χ3n) is 2.72. The fourth-order valence-corrected chi connectivity index (χ4v) is 2.75. The second kappa shape index (κ2) is 7.12. The van der Waals surface area contributed by atoms with Gasteiger partial charge >= 0.3 is 0 Å². The normalized spacial score (nSPS) is 10.5. The van der Waals surface area contributed by atoms with Crippen molar-refractivity contribution in [3.05, 3.63) is 62.2 Å². The monoisotopic (exact) mass is 387 g/mol. The lowest BCUT2D eigenvalue weighted by Crippen LogP contribution is -2.01. The van der Waals surface area contributed by atoms with E-state index in [1.807, 2.05) is 24.3 Å². The standard InChI is InChI=1S/C15H15ClINO/c1-19-10-12-4-2-3-11(7-12)9-18-15-6-5-13(17)8-14(15)16/h2-8,18H,9-10H2,1H3. The number of nitrogens with one attached hydrogen (secondary N) is 1. The van der Waals surface area contributed by atoms with Crippen molar-refractivity contribution in [2.75, 3.05) is 12.4 Å². The predicted molar refractivity (Wildman–Crippen MR) is 88.7 cm³/mol. The maximum absolute atomic E-state index is 6.19. The van der Waals surface area contributed by atoms with Crippen LogP contribution in [-0.2, 0) is 17.9 Å². The highest BCUT2D eigenvalue weighted by atomic mass is 127. The molecular weight excluding hydrogens is 373 g/mol. The molecule has 2 rings (SSSR count). The number of rotatable bonds is 5. The second-order valence-corrected chi connectivity index (χ2v) is 5.88. The molecule has 0 bridgehead atoms. The molecule has 100 valence electrons. The van der Waals surface area contributed by atoms with Crippen molar-refractivity contribution in [2.24, 2.45) is 0 Å². The van der Waals surface area contributed by atoms with Crippen LogP contribution in [0, 0.1) is 3.57 Å². The lowest BCUT2D eigenvalue weighted by Gasteiger charge is -2.10. The molecule has 1 N–H and O–H groups in total. The molecule has 0 aliphatic carbocycles. The average Bonchev–Trinajstić information content (AvgIpc) is 2.38. The SMILES string of the molecule is COCc1cccc(CNc2ccc(I)cc2Cl)c1. The van der Waals surface area contributed by atoms with Gasteiger partial charge in [-0.1, -0.05) is 35.9 Å². The van der Waals surface area contributed by atoms with E-state index in [0.717, 1.165) is 20.8 Å². The van der Waals surface area contributed by atoms with E-state index in [1.165, 1.54) is 11.1 Å². The summed E-state index contributed by atoms with van der Waals surface area (Å²) < 4.78 is 6.27. The van der Waals surface area contributed by atoms with Gasteiger partial charge < -0.3 is 10.1 Å². The minimum absolute atomic E-state index is 0.637. The van der Waals surface area contributed by atoms with Crippen molar-refractivity contribution in [3.63, 3.8) is 0 Å². The molecule has 2 aromatic carbocycles. The molecule has 2 aromatic rings. The number of methoxy groups -OCH3 is 1. The minimum Gasteiger partial charge on any atom is -0.380 e. The van der Waals surface area contributed by atoms with Crippen molar-refractivity contribution in [1.29, 1.82) is 0 Å². The van der Waals surface area contributed by atoms with E-state index in [0.29, 0.717) is 6.61 Å². The van der Waals surface area contributed by atoms with Gasteiger partial charge in [-0.3, -0.25) is 0 Å². The second-order valence-electron chi connectivity index (χ2n) is 4.23. The molecule has 0 aliphatic heterocycles. The van der Waals surface area contributed by atoms with Crippen LogP contribution in [0.3, 0.4) is 0 Å². The van der Waals surface area contributed by atoms with Gasteiger partial charge in [0.1, 0.15) is 0 Å². The summed E-state index contributed by atoms with van der Waals surface area (Å²) in [6.07, 6.45) is 0. The molecule has 0 spiro atoms. The fourth-order valence-electron chi connectivity index (χ4n) is 1.83. The number of benzene rings is 2. The summed E-state index contributed by atoms with van der Waals surface area (Å²) in [4.78, 5) is 0. The number of hydrogen-bond donors (Lipinski definition) is 1. The molecule has 0 aliphatic rings. The van der Waals surface area contributed by atoms with Gasteiger partial charge in [-0.2, -0.15) is 0 Å². The third kappa shape index (κ3) is 4.37. The lowest BCUT2D eigenvalue weighted by molar-refractivity contribution is 0.185. The summed E-state index contributed by atoms with van der Waals surface area (Å²) in [5.41, 5.74) is 3.35. The molecule has 19 heavy (non-hydrogen) atoms. The van der Waals surface area contributed by atoms with Gasteiger partial charge in [-0.15, -0.1) is 0 Å². The van der Waals surface area contributed by atoms with E-state index in [4.69, 9.17) is 16.3 Å². The van der Waals surface area contributed by atoms with Gasteiger partial charge in [0.05, 0.1) is 17.3 Å². The van der Waals surface area contributed by atoms with E-state index in [9.17, 15) is 0 Å². The summed E-state index contributed by atoms with van der Waals surface area (Å²) in [5.74, 6) is 0. The maximum atomic E-state index is 6.19. The van der Waals surface area contributed by atoms with Crippen molar-refractivity contribution in [2.45, 2.75) is 13.2 Å². The highest BCUT2D eigenvalue weighted by Crippen LogP contribution is 2.24. The summed E-state index contributed by atoms with van der Waals surface area (Å²) in [7, 11) is 1.70. The van der Waals surface area contributed by atoms with Crippen LogP contribution in [0.1, 0.15) is 11.1 Å². The molecule has 0 saturated carbocycles. The Balaban J connectivity index is 2.03. The van der Waals surface area contributed by atoms with Crippen molar-refractivity contribution < 1.29 is 4.74 Å². The molecule has 0 unspecified atom stereocenters. The van der Waals surface area contributed by atoms with Crippen LogP contribution >= 0.6 is 34.2 Å². The number of hydrogen-bond acceptors (Lipinski definition) is 2. The van der Waals surface area contributed by atoms with Gasteiger partial charge in [0.15, 0.2) is 0 Å². The largest absolute Gasteiger partial charge is 0.380 e. The Hall–Kier alpha value is -0.780.